The summed E-state index contributed by atoms with van der Waals surface area (Å²) in [6, 6.07) is 0. The average Bonchev–Trinajstić information content (AvgIpc) is 3.18. The monoisotopic (exact) mass is 821 g/mol. The highest BCUT2D eigenvalue weighted by Gasteiger charge is 2.19. The molecule has 0 fully saturated rings. The van der Waals surface area contributed by atoms with E-state index < -0.39 is 6.10 Å². The Morgan fingerprint density at radius 2 is 0.500 bits per heavy atom. The minimum atomic E-state index is -0.762. The van der Waals surface area contributed by atoms with E-state index >= 15 is 0 Å². The molecule has 58 heavy (non-hydrogen) atoms. The second-order valence-corrected chi connectivity index (χ2v) is 19.2. The summed E-state index contributed by atoms with van der Waals surface area (Å²) in [6.07, 6.45) is 42.3. The molecule has 0 aromatic heterocycles. The Hall–Kier alpha value is -1.59. The second-order valence-electron chi connectivity index (χ2n) is 19.2. The van der Waals surface area contributed by atoms with Crippen LogP contribution in [0.3, 0.4) is 0 Å². The molecule has 0 saturated heterocycles. The predicted octanol–water partition coefficient (Wildman–Crippen LogP) is 16.4. The molecule has 0 bridgehead atoms. The molecule has 0 aromatic carbocycles. The van der Waals surface area contributed by atoms with Gasteiger partial charge in [0, 0.05) is 19.3 Å². The van der Waals surface area contributed by atoms with Crippen molar-refractivity contribution in [3.8, 4) is 0 Å². The van der Waals surface area contributed by atoms with E-state index in [0.717, 1.165) is 75.5 Å². The number of rotatable bonds is 45. The molecule has 344 valence electrons. The first kappa shape index (κ1) is 56.4. The van der Waals surface area contributed by atoms with E-state index in [2.05, 4.69) is 41.5 Å². The molecule has 0 unspecified atom stereocenters. The summed E-state index contributed by atoms with van der Waals surface area (Å²) in [5, 5.41) is 0. The molecular weight excluding hydrogens is 721 g/mol. The first-order valence-electron chi connectivity index (χ1n) is 25.6. The van der Waals surface area contributed by atoms with Crippen LogP contribution in [0.1, 0.15) is 279 Å². The maximum absolute atomic E-state index is 12.8. The van der Waals surface area contributed by atoms with Crippen molar-refractivity contribution in [2.75, 3.05) is 13.2 Å². The Balaban J connectivity index is 4.32. The van der Waals surface area contributed by atoms with Gasteiger partial charge in [0.15, 0.2) is 6.10 Å². The molecule has 1 atom stereocenters. The van der Waals surface area contributed by atoms with Crippen LogP contribution in [0.25, 0.3) is 0 Å². The molecule has 0 N–H and O–H groups in total. The van der Waals surface area contributed by atoms with E-state index in [4.69, 9.17) is 14.2 Å². The van der Waals surface area contributed by atoms with Gasteiger partial charge in [-0.15, -0.1) is 0 Å². The minimum Gasteiger partial charge on any atom is -0.462 e. The standard InChI is InChI=1S/C52H100O6/c1-46(2)38-32-26-20-14-9-7-8-10-17-23-29-35-41-50(53)56-44-49(58-52(55)43-37-31-25-19-13-16-22-28-34-40-48(5)6)45-57-51(54)42-36-30-24-18-12-11-15-21-27-33-39-47(3)4/h46-49H,7-45H2,1-6H3/t49-/m1/s1. The molecule has 0 heterocycles. The van der Waals surface area contributed by atoms with Gasteiger partial charge in [-0.2, -0.15) is 0 Å². The summed E-state index contributed by atoms with van der Waals surface area (Å²) in [6.45, 7) is 13.7. The van der Waals surface area contributed by atoms with Crippen molar-refractivity contribution in [3.05, 3.63) is 0 Å². The number of esters is 3. The number of ether oxygens (including phenoxy) is 3. The molecule has 0 saturated carbocycles. The zero-order valence-electron chi connectivity index (χ0n) is 39.8. The van der Waals surface area contributed by atoms with Crippen LogP contribution in [-0.4, -0.2) is 37.2 Å². The third-order valence-electron chi connectivity index (χ3n) is 11.6. The van der Waals surface area contributed by atoms with Crippen LogP contribution in [0.15, 0.2) is 0 Å². The second kappa shape index (κ2) is 43.5. The first-order valence-corrected chi connectivity index (χ1v) is 25.6. The van der Waals surface area contributed by atoms with Crippen LogP contribution in [0, 0.1) is 17.8 Å². The fourth-order valence-corrected chi connectivity index (χ4v) is 7.76. The lowest BCUT2D eigenvalue weighted by molar-refractivity contribution is -0.167. The fraction of sp³-hybridized carbons (Fsp3) is 0.942. The summed E-state index contributed by atoms with van der Waals surface area (Å²) in [4.78, 5) is 37.9. The van der Waals surface area contributed by atoms with E-state index in [1.54, 1.807) is 0 Å². The minimum absolute atomic E-state index is 0.0650. The van der Waals surface area contributed by atoms with Crippen molar-refractivity contribution >= 4 is 17.9 Å². The van der Waals surface area contributed by atoms with Gasteiger partial charge in [-0.25, -0.2) is 0 Å². The van der Waals surface area contributed by atoms with Gasteiger partial charge >= 0.3 is 17.9 Å². The zero-order chi connectivity index (χ0) is 42.7. The number of carbonyl (C=O) groups excluding carboxylic acids is 3. The molecule has 6 nitrogen and oxygen atoms in total. The van der Waals surface area contributed by atoms with Gasteiger partial charge in [-0.1, -0.05) is 241 Å². The van der Waals surface area contributed by atoms with E-state index in [-0.39, 0.29) is 31.1 Å². The predicted molar refractivity (Wildman–Crippen MR) is 247 cm³/mol. The van der Waals surface area contributed by atoms with Crippen molar-refractivity contribution in [3.63, 3.8) is 0 Å². The van der Waals surface area contributed by atoms with Crippen LogP contribution in [0.2, 0.25) is 0 Å². The van der Waals surface area contributed by atoms with Gasteiger partial charge in [0.2, 0.25) is 0 Å². The average molecular weight is 821 g/mol. The van der Waals surface area contributed by atoms with Gasteiger partial charge in [-0.05, 0) is 37.0 Å². The lowest BCUT2D eigenvalue weighted by atomic mass is 10.0. The molecule has 0 spiro atoms. The summed E-state index contributed by atoms with van der Waals surface area (Å²) >= 11 is 0. The van der Waals surface area contributed by atoms with Crippen LogP contribution >= 0.6 is 0 Å². The normalized spacial score (nSPS) is 12.2. The zero-order valence-corrected chi connectivity index (χ0v) is 39.8. The van der Waals surface area contributed by atoms with E-state index in [0.29, 0.717) is 19.3 Å². The smallest absolute Gasteiger partial charge is 0.306 e. The highest BCUT2D eigenvalue weighted by Crippen LogP contribution is 2.17. The summed E-state index contributed by atoms with van der Waals surface area (Å²) in [5.74, 6) is 1.60. The van der Waals surface area contributed by atoms with Crippen molar-refractivity contribution in [1.29, 1.82) is 0 Å². The molecule has 0 aliphatic carbocycles. The van der Waals surface area contributed by atoms with Crippen LogP contribution in [0.5, 0.6) is 0 Å². The maximum Gasteiger partial charge on any atom is 0.306 e. The van der Waals surface area contributed by atoms with Gasteiger partial charge in [0.05, 0.1) is 0 Å². The van der Waals surface area contributed by atoms with Crippen molar-refractivity contribution in [1.82, 2.24) is 0 Å². The quantitative estimate of drug-likeness (QED) is 0.0346. The van der Waals surface area contributed by atoms with Crippen molar-refractivity contribution < 1.29 is 28.6 Å². The highest BCUT2D eigenvalue weighted by molar-refractivity contribution is 5.71. The van der Waals surface area contributed by atoms with Crippen LogP contribution < -0.4 is 0 Å². The maximum atomic E-state index is 12.8. The Labute approximate surface area is 361 Å². The summed E-state index contributed by atoms with van der Waals surface area (Å²) < 4.78 is 16.8. The Morgan fingerprint density at radius 1 is 0.293 bits per heavy atom. The number of hydrogen-bond donors (Lipinski definition) is 0. The van der Waals surface area contributed by atoms with Crippen LogP contribution in [-0.2, 0) is 28.6 Å². The Morgan fingerprint density at radius 3 is 0.741 bits per heavy atom. The third kappa shape index (κ3) is 45.5. The molecule has 0 amide bonds. The van der Waals surface area contributed by atoms with Gasteiger partial charge in [0.25, 0.3) is 0 Å². The molecular formula is C52H100O6. The van der Waals surface area contributed by atoms with Gasteiger partial charge in [0.1, 0.15) is 13.2 Å². The van der Waals surface area contributed by atoms with E-state index in [1.807, 2.05) is 0 Å². The molecule has 0 rings (SSSR count). The summed E-state index contributed by atoms with van der Waals surface area (Å²) in [5.41, 5.74) is 0. The Kier molecular flexibility index (Phi) is 42.3. The van der Waals surface area contributed by atoms with Crippen molar-refractivity contribution in [2.45, 2.75) is 285 Å². The largest absolute Gasteiger partial charge is 0.462 e. The topological polar surface area (TPSA) is 78.9 Å². The lowest BCUT2D eigenvalue weighted by Gasteiger charge is -2.18. The number of unbranched alkanes of at least 4 members (excludes halogenated alkanes) is 28. The summed E-state index contributed by atoms with van der Waals surface area (Å²) in [7, 11) is 0. The molecule has 6 heteroatoms. The SMILES string of the molecule is CC(C)CCCCCCCCCCCCCCC(=O)OC[C@H](COC(=O)CCCCCCCCCCCCC(C)C)OC(=O)CCCCCCCCCCCC(C)C. The Bertz CT molecular complexity index is 898. The van der Waals surface area contributed by atoms with E-state index in [1.165, 1.54) is 161 Å². The first-order chi connectivity index (χ1) is 28.1. The van der Waals surface area contributed by atoms with Crippen LogP contribution in [0.4, 0.5) is 0 Å². The number of hydrogen-bond acceptors (Lipinski definition) is 6. The molecule has 0 aromatic rings. The van der Waals surface area contributed by atoms with Crippen molar-refractivity contribution in [2.24, 2.45) is 17.8 Å². The molecule has 0 aliphatic heterocycles. The van der Waals surface area contributed by atoms with Gasteiger partial charge in [-0.3, -0.25) is 14.4 Å². The third-order valence-corrected chi connectivity index (χ3v) is 11.6. The highest BCUT2D eigenvalue weighted by atomic mass is 16.6. The van der Waals surface area contributed by atoms with E-state index in [9.17, 15) is 14.4 Å². The van der Waals surface area contributed by atoms with Gasteiger partial charge < -0.3 is 14.2 Å². The molecule has 0 aliphatic rings. The lowest BCUT2D eigenvalue weighted by Crippen LogP contribution is -2.30. The molecule has 0 radical (unpaired) electrons. The fourth-order valence-electron chi connectivity index (χ4n) is 7.76. The number of carbonyl (C=O) groups is 3.